The number of rotatable bonds is 2. The van der Waals surface area contributed by atoms with E-state index in [0.717, 1.165) is 22.5 Å². The van der Waals surface area contributed by atoms with Gasteiger partial charge in [0.15, 0.2) is 0 Å². The van der Waals surface area contributed by atoms with Gasteiger partial charge < -0.3 is 10.7 Å². The van der Waals surface area contributed by atoms with E-state index < -0.39 is 0 Å². The van der Waals surface area contributed by atoms with Crippen molar-refractivity contribution < 1.29 is 0 Å². The second kappa shape index (κ2) is 3.83. The molecule has 4 heteroatoms. The molecule has 0 saturated carbocycles. The molecule has 0 saturated heterocycles. The Bertz CT molecular complexity index is 605. The molecule has 0 amide bonds. The van der Waals surface area contributed by atoms with E-state index in [1.165, 1.54) is 0 Å². The molecule has 0 aliphatic carbocycles. The molecule has 0 spiro atoms. The molecule has 84 valence electrons. The van der Waals surface area contributed by atoms with E-state index in [1.807, 2.05) is 36.5 Å². The van der Waals surface area contributed by atoms with Crippen molar-refractivity contribution in [1.29, 1.82) is 0 Å². The lowest BCUT2D eigenvalue weighted by atomic mass is 10.1. The van der Waals surface area contributed by atoms with Gasteiger partial charge in [-0.3, -0.25) is 5.10 Å². The lowest BCUT2D eigenvalue weighted by Crippen LogP contribution is -1.81. The molecular weight excluding hydrogens is 212 g/mol. The number of hydrogen-bond donors (Lipinski definition) is 3. The summed E-state index contributed by atoms with van der Waals surface area (Å²) >= 11 is 0. The van der Waals surface area contributed by atoms with Crippen LogP contribution in [0.25, 0.3) is 22.5 Å². The average molecular weight is 224 g/mol. The smallest absolute Gasteiger partial charge is 0.145 e. The summed E-state index contributed by atoms with van der Waals surface area (Å²) in [5, 5.41) is 6.81. The van der Waals surface area contributed by atoms with Crippen LogP contribution in [0.1, 0.15) is 0 Å². The fourth-order valence-electron chi connectivity index (χ4n) is 1.82. The van der Waals surface area contributed by atoms with Crippen molar-refractivity contribution in [3.63, 3.8) is 0 Å². The summed E-state index contributed by atoms with van der Waals surface area (Å²) in [4.78, 5) is 3.18. The highest BCUT2D eigenvalue weighted by Crippen LogP contribution is 2.23. The highest BCUT2D eigenvalue weighted by molar-refractivity contribution is 5.67. The van der Waals surface area contributed by atoms with E-state index >= 15 is 0 Å². The monoisotopic (exact) mass is 224 g/mol. The molecule has 0 aliphatic rings. The van der Waals surface area contributed by atoms with Gasteiger partial charge in [-0.25, -0.2) is 0 Å². The number of aromatic nitrogens is 3. The van der Waals surface area contributed by atoms with Gasteiger partial charge in [0, 0.05) is 18.0 Å². The number of aromatic amines is 2. The summed E-state index contributed by atoms with van der Waals surface area (Å²) in [5.74, 6) is 0.508. The van der Waals surface area contributed by atoms with Crippen LogP contribution in [0, 0.1) is 0 Å². The van der Waals surface area contributed by atoms with E-state index in [2.05, 4.69) is 27.3 Å². The Morgan fingerprint density at radius 1 is 0.941 bits per heavy atom. The third-order valence-electron chi connectivity index (χ3n) is 2.70. The van der Waals surface area contributed by atoms with Crippen LogP contribution in [-0.4, -0.2) is 15.2 Å². The van der Waals surface area contributed by atoms with Gasteiger partial charge in [-0.05, 0) is 23.3 Å². The van der Waals surface area contributed by atoms with Crippen LogP contribution in [0.3, 0.4) is 0 Å². The van der Waals surface area contributed by atoms with E-state index in [9.17, 15) is 0 Å². The van der Waals surface area contributed by atoms with Crippen molar-refractivity contribution in [2.45, 2.75) is 0 Å². The van der Waals surface area contributed by atoms with Gasteiger partial charge in [-0.15, -0.1) is 0 Å². The van der Waals surface area contributed by atoms with Crippen molar-refractivity contribution in [1.82, 2.24) is 15.2 Å². The van der Waals surface area contributed by atoms with Gasteiger partial charge in [0.2, 0.25) is 0 Å². The third-order valence-corrected chi connectivity index (χ3v) is 2.70. The minimum Gasteiger partial charge on any atom is -0.382 e. The summed E-state index contributed by atoms with van der Waals surface area (Å²) in [5.41, 5.74) is 9.85. The molecule has 0 aliphatic heterocycles. The zero-order valence-electron chi connectivity index (χ0n) is 9.14. The van der Waals surface area contributed by atoms with E-state index in [1.54, 1.807) is 0 Å². The summed E-state index contributed by atoms with van der Waals surface area (Å²) in [6.45, 7) is 0. The Kier molecular flexibility index (Phi) is 2.19. The quantitative estimate of drug-likeness (QED) is 0.626. The number of hydrogen-bond acceptors (Lipinski definition) is 2. The van der Waals surface area contributed by atoms with Gasteiger partial charge in [-0.2, -0.15) is 5.10 Å². The van der Waals surface area contributed by atoms with E-state index in [-0.39, 0.29) is 0 Å². The number of nitrogen functional groups attached to an aromatic ring is 1. The average Bonchev–Trinajstić information content (AvgIpc) is 3.00. The first-order valence-corrected chi connectivity index (χ1v) is 5.38. The molecule has 1 aromatic carbocycles. The topological polar surface area (TPSA) is 70.5 Å². The minimum absolute atomic E-state index is 0.508. The Morgan fingerprint density at radius 3 is 2.18 bits per heavy atom. The number of nitrogens with zero attached hydrogens (tertiary/aromatic N) is 1. The fraction of sp³-hybridized carbons (Fsp3) is 0. The zero-order valence-corrected chi connectivity index (χ0v) is 9.14. The molecular formula is C13H12N4. The molecule has 0 bridgehead atoms. The van der Waals surface area contributed by atoms with Crippen molar-refractivity contribution in [2.75, 3.05) is 5.73 Å². The van der Waals surface area contributed by atoms with Crippen LogP contribution in [-0.2, 0) is 0 Å². The van der Waals surface area contributed by atoms with E-state index in [0.29, 0.717) is 5.82 Å². The highest BCUT2D eigenvalue weighted by atomic mass is 15.2. The fourth-order valence-corrected chi connectivity index (χ4v) is 1.82. The Labute approximate surface area is 98.5 Å². The Morgan fingerprint density at radius 2 is 1.65 bits per heavy atom. The zero-order chi connectivity index (χ0) is 11.7. The second-order valence-corrected chi connectivity index (χ2v) is 3.87. The minimum atomic E-state index is 0.508. The maximum Gasteiger partial charge on any atom is 0.145 e. The maximum absolute atomic E-state index is 5.58. The lowest BCUT2D eigenvalue weighted by Gasteiger charge is -2.00. The molecule has 3 aromatic rings. The molecule has 2 aromatic heterocycles. The lowest BCUT2D eigenvalue weighted by molar-refractivity contribution is 1.10. The molecule has 0 fully saturated rings. The number of nitrogens with two attached hydrogens (primary N) is 1. The molecule has 0 unspecified atom stereocenters. The first-order valence-electron chi connectivity index (χ1n) is 5.38. The highest BCUT2D eigenvalue weighted by Gasteiger charge is 2.02. The van der Waals surface area contributed by atoms with Crippen molar-refractivity contribution in [3.05, 3.63) is 48.7 Å². The molecule has 17 heavy (non-hydrogen) atoms. The van der Waals surface area contributed by atoms with Crippen LogP contribution >= 0.6 is 0 Å². The SMILES string of the molecule is Nc1cc(-c2ccc(-c3ccc[nH]3)cc2)[nH]n1. The van der Waals surface area contributed by atoms with Gasteiger partial charge in [0.1, 0.15) is 5.82 Å². The van der Waals surface area contributed by atoms with Gasteiger partial charge in [-0.1, -0.05) is 24.3 Å². The number of H-pyrrole nitrogens is 2. The first-order chi connectivity index (χ1) is 8.33. The number of anilines is 1. The Hall–Kier alpha value is -2.49. The summed E-state index contributed by atoms with van der Waals surface area (Å²) < 4.78 is 0. The first kappa shape index (κ1) is 9.72. The molecule has 2 heterocycles. The van der Waals surface area contributed by atoms with Gasteiger partial charge >= 0.3 is 0 Å². The van der Waals surface area contributed by atoms with Crippen LogP contribution in [0.2, 0.25) is 0 Å². The largest absolute Gasteiger partial charge is 0.382 e. The summed E-state index contributed by atoms with van der Waals surface area (Å²) in [6, 6.07) is 14.1. The van der Waals surface area contributed by atoms with Crippen LogP contribution < -0.4 is 5.73 Å². The van der Waals surface area contributed by atoms with E-state index in [4.69, 9.17) is 5.73 Å². The van der Waals surface area contributed by atoms with Gasteiger partial charge in [0.25, 0.3) is 0 Å². The Balaban J connectivity index is 1.95. The van der Waals surface area contributed by atoms with Gasteiger partial charge in [0.05, 0.1) is 5.69 Å². The van der Waals surface area contributed by atoms with Crippen molar-refractivity contribution in [3.8, 4) is 22.5 Å². The van der Waals surface area contributed by atoms with Crippen LogP contribution in [0.15, 0.2) is 48.7 Å². The van der Waals surface area contributed by atoms with Crippen molar-refractivity contribution in [2.24, 2.45) is 0 Å². The summed E-state index contributed by atoms with van der Waals surface area (Å²) in [7, 11) is 0. The molecule has 4 N–H and O–H groups in total. The predicted molar refractivity (Wildman–Crippen MR) is 68.2 cm³/mol. The molecule has 0 atom stereocenters. The normalized spacial score (nSPS) is 10.6. The molecule has 3 rings (SSSR count). The van der Waals surface area contributed by atoms with Crippen molar-refractivity contribution >= 4 is 5.82 Å². The second-order valence-electron chi connectivity index (χ2n) is 3.87. The molecule has 0 radical (unpaired) electrons. The predicted octanol–water partition coefficient (Wildman–Crippen LogP) is 2.65. The number of benzene rings is 1. The third kappa shape index (κ3) is 1.80. The van der Waals surface area contributed by atoms with Crippen LogP contribution in [0.4, 0.5) is 5.82 Å². The molecule has 4 nitrogen and oxygen atoms in total. The standard InChI is InChI=1S/C13H12N4/c14-13-8-12(16-17-13)10-5-3-9(4-6-10)11-2-1-7-15-11/h1-8,15H,(H3,14,16,17). The van der Waals surface area contributed by atoms with Crippen LogP contribution in [0.5, 0.6) is 0 Å². The number of nitrogens with one attached hydrogen (secondary N) is 2. The maximum atomic E-state index is 5.58. The summed E-state index contributed by atoms with van der Waals surface area (Å²) in [6.07, 6.45) is 1.92.